The highest BCUT2D eigenvalue weighted by Gasteiger charge is 2.65. The molecule has 0 aromatic heterocycles. The number of ether oxygens (including phenoxy) is 2. The van der Waals surface area contributed by atoms with Crippen molar-refractivity contribution >= 4 is 8.07 Å². The minimum absolute atomic E-state index is 0.287. The van der Waals surface area contributed by atoms with Crippen LogP contribution >= 0.6 is 0 Å². The number of rotatable bonds is 10. The molecule has 0 heterocycles. The van der Waals surface area contributed by atoms with E-state index in [1.165, 1.54) is 103 Å². The molecule has 12 unspecified atom stereocenters. The number of fused-ring (bicyclic) bond motifs is 2. The minimum atomic E-state index is -1.80. The molecule has 2 nitrogen and oxygen atoms in total. The first-order chi connectivity index (χ1) is 24.9. The van der Waals surface area contributed by atoms with E-state index in [1.807, 2.05) is 0 Å². The first kappa shape index (κ1) is 42.7. The second-order valence-electron chi connectivity index (χ2n) is 24.5. The summed E-state index contributed by atoms with van der Waals surface area (Å²) in [5.41, 5.74) is 2.50. The molecule has 6 rings (SSSR count). The fraction of sp³-hybridized carbons (Fsp3) is 1.00. The van der Waals surface area contributed by atoms with Gasteiger partial charge in [-0.15, -0.1) is 0 Å². The van der Waals surface area contributed by atoms with E-state index in [0.717, 1.165) is 82.1 Å². The van der Waals surface area contributed by atoms with E-state index < -0.39 is 8.07 Å². The van der Waals surface area contributed by atoms with E-state index in [-0.39, 0.29) is 10.8 Å². The average molecular weight is 753 g/mol. The standard InChI is InChI=1S/C50H92O2Si/c1-31(2)25-35-27-37-39(29-41(49(5,6)7)45(51-11)43(37)33-21-17-15-18-22-33)47(35)53(13,14)48-36(26-32(3)4)28-38-40(48)30-42(50(8,9)10)46(52-12)44(38)34-23-19-16-20-24-34/h31-48H,15-30H2,1-14H3/t35?,36?,37?,38?,39?,40?,41?,42?,43-,44-,45?,46?,47?,48?/m1/s1. The highest BCUT2D eigenvalue weighted by molar-refractivity contribution is 6.80. The van der Waals surface area contributed by atoms with Crippen molar-refractivity contribution in [3.63, 3.8) is 0 Å². The maximum atomic E-state index is 6.81. The number of methoxy groups -OCH3 is 2. The second kappa shape index (κ2) is 16.8. The fourth-order valence-electron chi connectivity index (χ4n) is 16.8. The fourth-order valence-corrected chi connectivity index (χ4v) is 23.2. The Hall–Kier alpha value is 0.137. The van der Waals surface area contributed by atoms with Gasteiger partial charge in [0.15, 0.2) is 0 Å². The topological polar surface area (TPSA) is 18.5 Å². The van der Waals surface area contributed by atoms with E-state index in [1.54, 1.807) is 0 Å². The lowest BCUT2D eigenvalue weighted by atomic mass is 9.56. The van der Waals surface area contributed by atoms with Crippen LogP contribution in [0.25, 0.3) is 0 Å². The summed E-state index contributed by atoms with van der Waals surface area (Å²) in [6.45, 7) is 31.8. The van der Waals surface area contributed by atoms with Gasteiger partial charge in [0, 0.05) is 14.2 Å². The molecule has 308 valence electrons. The van der Waals surface area contributed by atoms with Crippen molar-refractivity contribution in [2.24, 2.45) is 93.7 Å². The molecule has 0 aromatic rings. The summed E-state index contributed by atoms with van der Waals surface area (Å²) in [5, 5.41) is 0. The molecule has 6 fully saturated rings. The Bertz CT molecular complexity index is 1060. The zero-order chi connectivity index (χ0) is 38.6. The van der Waals surface area contributed by atoms with E-state index >= 15 is 0 Å². The van der Waals surface area contributed by atoms with Crippen molar-refractivity contribution in [2.45, 2.75) is 208 Å². The minimum Gasteiger partial charge on any atom is -0.381 e. The van der Waals surface area contributed by atoms with Crippen molar-refractivity contribution < 1.29 is 9.47 Å². The molecule has 6 aliphatic carbocycles. The zero-order valence-corrected chi connectivity index (χ0v) is 39.0. The molecule has 0 aliphatic heterocycles. The van der Waals surface area contributed by atoms with E-state index in [2.05, 4.69) is 96.6 Å². The molecule has 14 atom stereocenters. The molecule has 53 heavy (non-hydrogen) atoms. The summed E-state index contributed by atoms with van der Waals surface area (Å²) in [6, 6.07) is 0. The van der Waals surface area contributed by atoms with Crippen molar-refractivity contribution in [1.29, 1.82) is 0 Å². The second-order valence-corrected chi connectivity index (χ2v) is 29.5. The van der Waals surface area contributed by atoms with Crippen molar-refractivity contribution in [3.8, 4) is 0 Å². The summed E-state index contributed by atoms with van der Waals surface area (Å²) in [7, 11) is 2.42. The van der Waals surface area contributed by atoms with Crippen LogP contribution in [0.3, 0.4) is 0 Å². The number of hydrogen-bond acceptors (Lipinski definition) is 2. The maximum Gasteiger partial charge on any atom is 0.0638 e. The third-order valence-corrected chi connectivity index (χ3v) is 23.4. The van der Waals surface area contributed by atoms with Crippen LogP contribution in [0, 0.1) is 93.7 Å². The Labute approximate surface area is 332 Å². The van der Waals surface area contributed by atoms with Gasteiger partial charge < -0.3 is 9.47 Å². The summed E-state index contributed by atoms with van der Waals surface area (Å²) in [6.07, 6.45) is 24.3. The molecule has 0 N–H and O–H groups in total. The summed E-state index contributed by atoms with van der Waals surface area (Å²) >= 11 is 0. The quantitative estimate of drug-likeness (QED) is 0.207. The van der Waals surface area contributed by atoms with Gasteiger partial charge in [0.1, 0.15) is 0 Å². The van der Waals surface area contributed by atoms with Gasteiger partial charge in [0.25, 0.3) is 0 Å². The molecule has 0 radical (unpaired) electrons. The van der Waals surface area contributed by atoms with Crippen LogP contribution in [-0.4, -0.2) is 34.5 Å². The van der Waals surface area contributed by atoms with Gasteiger partial charge in [-0.3, -0.25) is 0 Å². The van der Waals surface area contributed by atoms with Gasteiger partial charge in [-0.25, -0.2) is 0 Å². The number of hydrogen-bond donors (Lipinski definition) is 0. The van der Waals surface area contributed by atoms with Gasteiger partial charge in [0.2, 0.25) is 0 Å². The van der Waals surface area contributed by atoms with Crippen LogP contribution in [0.15, 0.2) is 0 Å². The van der Waals surface area contributed by atoms with Crippen molar-refractivity contribution in [2.75, 3.05) is 14.2 Å². The Kier molecular flexibility index (Phi) is 13.5. The third kappa shape index (κ3) is 8.50. The van der Waals surface area contributed by atoms with Gasteiger partial charge in [-0.1, -0.05) is 147 Å². The molecule has 6 saturated carbocycles. The first-order valence-electron chi connectivity index (χ1n) is 24.0. The predicted molar refractivity (Wildman–Crippen MR) is 231 cm³/mol. The van der Waals surface area contributed by atoms with Crippen LogP contribution in [0.4, 0.5) is 0 Å². The monoisotopic (exact) mass is 753 g/mol. The van der Waals surface area contributed by atoms with E-state index in [0.29, 0.717) is 24.0 Å². The molecule has 0 bridgehead atoms. The van der Waals surface area contributed by atoms with Crippen LogP contribution < -0.4 is 0 Å². The van der Waals surface area contributed by atoms with Gasteiger partial charge in [-0.2, -0.15) is 0 Å². The van der Waals surface area contributed by atoms with Crippen LogP contribution in [0.1, 0.15) is 172 Å². The summed E-state index contributed by atoms with van der Waals surface area (Å²) in [4.78, 5) is 0. The molecule has 0 spiro atoms. The Morgan fingerprint density at radius 2 is 0.849 bits per heavy atom. The Balaban J connectivity index is 1.46. The predicted octanol–water partition coefficient (Wildman–Crippen LogP) is 14.6. The van der Waals surface area contributed by atoms with Gasteiger partial charge in [0.05, 0.1) is 20.3 Å². The molecule has 6 aliphatic rings. The van der Waals surface area contributed by atoms with E-state index in [4.69, 9.17) is 9.47 Å². The first-order valence-corrected chi connectivity index (χ1v) is 27.1. The maximum absolute atomic E-state index is 6.81. The van der Waals surface area contributed by atoms with Crippen LogP contribution in [-0.2, 0) is 9.47 Å². The smallest absolute Gasteiger partial charge is 0.0638 e. The molecule has 3 heteroatoms. The zero-order valence-electron chi connectivity index (χ0n) is 38.0. The third-order valence-electron chi connectivity index (χ3n) is 18.2. The highest BCUT2D eigenvalue weighted by atomic mass is 28.3. The molecular weight excluding hydrogens is 661 g/mol. The highest BCUT2D eigenvalue weighted by Crippen LogP contribution is 2.71. The van der Waals surface area contributed by atoms with Crippen molar-refractivity contribution in [1.82, 2.24) is 0 Å². The molecular formula is C50H92O2Si. The van der Waals surface area contributed by atoms with Gasteiger partial charge >= 0.3 is 0 Å². The lowest BCUT2D eigenvalue weighted by Crippen LogP contribution is -2.55. The van der Waals surface area contributed by atoms with Crippen molar-refractivity contribution in [3.05, 3.63) is 0 Å². The normalized spacial score (nSPS) is 42.3. The molecule has 0 amide bonds. The molecule has 0 aromatic carbocycles. The summed E-state index contributed by atoms with van der Waals surface area (Å²) < 4.78 is 13.6. The largest absolute Gasteiger partial charge is 0.381 e. The lowest BCUT2D eigenvalue weighted by Gasteiger charge is -2.57. The lowest BCUT2D eigenvalue weighted by molar-refractivity contribution is -0.118. The Morgan fingerprint density at radius 3 is 1.13 bits per heavy atom. The van der Waals surface area contributed by atoms with Gasteiger partial charge in [-0.05, 0) is 143 Å². The van der Waals surface area contributed by atoms with Crippen LogP contribution in [0.2, 0.25) is 24.2 Å². The summed E-state index contributed by atoms with van der Waals surface area (Å²) in [5.74, 6) is 11.6. The van der Waals surface area contributed by atoms with E-state index in [9.17, 15) is 0 Å². The Morgan fingerprint density at radius 1 is 0.509 bits per heavy atom. The molecule has 0 saturated heterocycles. The van der Waals surface area contributed by atoms with Crippen LogP contribution in [0.5, 0.6) is 0 Å². The average Bonchev–Trinajstić information content (AvgIpc) is 3.63. The SMILES string of the molecule is COC1C(C(C)(C)C)CC2C(CC(CC(C)C)C2[Si](C)(C)C2C(CC(C)C)CC3C2CC(C(C)(C)C)C(OC)[C@@H]3C2CCCCC2)[C@H]1C1CCCCC1.